The van der Waals surface area contributed by atoms with Crippen LogP contribution in [0.4, 0.5) is 0 Å². The summed E-state index contributed by atoms with van der Waals surface area (Å²) in [5, 5.41) is 5.03. The molecule has 0 aromatic heterocycles. The summed E-state index contributed by atoms with van der Waals surface area (Å²) in [5.41, 5.74) is 0.664. The number of sulfonamides is 1. The van der Waals surface area contributed by atoms with Gasteiger partial charge in [-0.15, -0.1) is 0 Å². The Bertz CT molecular complexity index is 835. The first-order valence-corrected chi connectivity index (χ1v) is 9.88. The molecular weight excluding hydrogens is 324 g/mol. The van der Waals surface area contributed by atoms with Crippen molar-refractivity contribution in [3.05, 3.63) is 48.0 Å². The molecular formula is C18H22N2O3S. The van der Waals surface area contributed by atoms with Crippen LogP contribution < -0.4 is 5.32 Å². The Morgan fingerprint density at radius 2 is 1.79 bits per heavy atom. The van der Waals surface area contributed by atoms with Crippen LogP contribution in [0.1, 0.15) is 30.1 Å². The number of hydrogen-bond acceptors (Lipinski definition) is 3. The number of carbonyl (C=O) groups is 1. The van der Waals surface area contributed by atoms with Crippen LogP contribution in [-0.4, -0.2) is 43.5 Å². The molecule has 0 aliphatic carbocycles. The predicted molar refractivity (Wildman–Crippen MR) is 95.5 cm³/mol. The number of nitrogens with one attached hydrogen (secondary N) is 1. The molecule has 0 bridgehead atoms. The van der Waals surface area contributed by atoms with Crippen LogP contribution in [0.5, 0.6) is 0 Å². The minimum Gasteiger partial charge on any atom is -0.349 e. The number of amides is 1. The average molecular weight is 346 g/mol. The average Bonchev–Trinajstić information content (AvgIpc) is 2.61. The van der Waals surface area contributed by atoms with Crippen LogP contribution >= 0.6 is 0 Å². The van der Waals surface area contributed by atoms with E-state index in [9.17, 15) is 13.2 Å². The van der Waals surface area contributed by atoms with Crippen molar-refractivity contribution in [2.45, 2.75) is 25.8 Å². The van der Waals surface area contributed by atoms with Gasteiger partial charge in [0.25, 0.3) is 5.91 Å². The number of hydrogen-bond donors (Lipinski definition) is 1. The zero-order valence-corrected chi connectivity index (χ0v) is 14.6. The lowest BCUT2D eigenvalue weighted by Crippen LogP contribution is -2.46. The number of fused-ring (bicyclic) bond motifs is 1. The van der Waals surface area contributed by atoms with E-state index >= 15 is 0 Å². The summed E-state index contributed by atoms with van der Waals surface area (Å²) >= 11 is 0. The fraction of sp³-hybridized carbons (Fsp3) is 0.389. The van der Waals surface area contributed by atoms with Crippen molar-refractivity contribution >= 4 is 26.7 Å². The van der Waals surface area contributed by atoms with Gasteiger partial charge in [-0.05, 0) is 36.6 Å². The molecule has 1 fully saturated rings. The van der Waals surface area contributed by atoms with E-state index in [0.29, 0.717) is 31.5 Å². The molecule has 3 rings (SSSR count). The van der Waals surface area contributed by atoms with Crippen molar-refractivity contribution in [1.82, 2.24) is 9.62 Å². The van der Waals surface area contributed by atoms with Crippen molar-refractivity contribution in [2.75, 3.05) is 18.8 Å². The Morgan fingerprint density at radius 1 is 1.12 bits per heavy atom. The van der Waals surface area contributed by atoms with E-state index in [4.69, 9.17) is 0 Å². The zero-order chi connectivity index (χ0) is 17.2. The molecule has 128 valence electrons. The molecule has 0 atom stereocenters. The maximum Gasteiger partial charge on any atom is 0.252 e. The Labute approximate surface area is 142 Å². The van der Waals surface area contributed by atoms with E-state index in [0.717, 1.165) is 10.8 Å². The monoisotopic (exact) mass is 346 g/mol. The molecule has 1 N–H and O–H groups in total. The summed E-state index contributed by atoms with van der Waals surface area (Å²) in [6, 6.07) is 13.5. The summed E-state index contributed by atoms with van der Waals surface area (Å²) in [5.74, 6) is 0.0311. The number of rotatable bonds is 4. The van der Waals surface area contributed by atoms with Gasteiger partial charge in [0, 0.05) is 24.7 Å². The van der Waals surface area contributed by atoms with E-state index in [1.807, 2.05) is 42.5 Å². The highest BCUT2D eigenvalue weighted by Crippen LogP contribution is 2.20. The van der Waals surface area contributed by atoms with Gasteiger partial charge in [-0.3, -0.25) is 4.79 Å². The fourth-order valence-electron chi connectivity index (χ4n) is 3.15. The summed E-state index contributed by atoms with van der Waals surface area (Å²) in [4.78, 5) is 12.6. The van der Waals surface area contributed by atoms with Gasteiger partial charge in [-0.25, -0.2) is 12.7 Å². The highest BCUT2D eigenvalue weighted by atomic mass is 32.2. The Kier molecular flexibility index (Phi) is 4.87. The third-order valence-corrected chi connectivity index (χ3v) is 6.46. The quantitative estimate of drug-likeness (QED) is 0.924. The lowest BCUT2D eigenvalue weighted by atomic mass is 10.0. The van der Waals surface area contributed by atoms with E-state index in [2.05, 4.69) is 5.32 Å². The molecule has 1 aliphatic rings. The third-order valence-electron chi connectivity index (χ3n) is 4.58. The van der Waals surface area contributed by atoms with Crippen LogP contribution in [0, 0.1) is 0 Å². The lowest BCUT2D eigenvalue weighted by Gasteiger charge is -2.31. The van der Waals surface area contributed by atoms with Gasteiger partial charge in [0.1, 0.15) is 0 Å². The van der Waals surface area contributed by atoms with Crippen LogP contribution in [0.15, 0.2) is 42.5 Å². The van der Waals surface area contributed by atoms with Crippen LogP contribution in [-0.2, 0) is 10.0 Å². The zero-order valence-electron chi connectivity index (χ0n) is 13.7. The normalized spacial score (nSPS) is 17.0. The van der Waals surface area contributed by atoms with Crippen molar-refractivity contribution in [2.24, 2.45) is 0 Å². The minimum absolute atomic E-state index is 0.0137. The van der Waals surface area contributed by atoms with Gasteiger partial charge >= 0.3 is 0 Å². The molecule has 2 aromatic carbocycles. The Balaban J connectivity index is 1.68. The fourth-order valence-corrected chi connectivity index (χ4v) is 4.28. The van der Waals surface area contributed by atoms with E-state index in [1.54, 1.807) is 6.92 Å². The lowest BCUT2D eigenvalue weighted by molar-refractivity contribution is 0.0925. The standard InChI is InChI=1S/C18H22N2O3S/c1-2-24(22,23)20-12-10-15(11-13-20)19-18(21)17-9-5-7-14-6-3-4-8-16(14)17/h3-9,15H,2,10-13H2,1H3,(H,19,21). The third kappa shape index (κ3) is 3.44. The molecule has 0 radical (unpaired) electrons. The molecule has 1 amide bonds. The van der Waals surface area contributed by atoms with Crippen molar-refractivity contribution < 1.29 is 13.2 Å². The molecule has 5 nitrogen and oxygen atoms in total. The number of benzene rings is 2. The maximum absolute atomic E-state index is 12.6. The molecule has 1 heterocycles. The van der Waals surface area contributed by atoms with Gasteiger partial charge < -0.3 is 5.32 Å². The highest BCUT2D eigenvalue weighted by molar-refractivity contribution is 7.89. The smallest absolute Gasteiger partial charge is 0.252 e. The summed E-state index contributed by atoms with van der Waals surface area (Å²) in [7, 11) is -3.13. The minimum atomic E-state index is -3.13. The molecule has 0 saturated carbocycles. The highest BCUT2D eigenvalue weighted by Gasteiger charge is 2.27. The van der Waals surface area contributed by atoms with Gasteiger partial charge in [-0.2, -0.15) is 0 Å². The molecule has 1 saturated heterocycles. The number of carbonyl (C=O) groups excluding carboxylic acids is 1. The SMILES string of the molecule is CCS(=O)(=O)N1CCC(NC(=O)c2cccc3ccccc23)CC1. The van der Waals surface area contributed by atoms with Crippen molar-refractivity contribution in [3.63, 3.8) is 0 Å². The topological polar surface area (TPSA) is 66.5 Å². The first-order valence-electron chi connectivity index (χ1n) is 8.27. The molecule has 0 spiro atoms. The second-order valence-corrected chi connectivity index (χ2v) is 8.33. The van der Waals surface area contributed by atoms with Crippen molar-refractivity contribution in [3.8, 4) is 0 Å². The second-order valence-electron chi connectivity index (χ2n) is 6.07. The van der Waals surface area contributed by atoms with E-state index in [-0.39, 0.29) is 17.7 Å². The van der Waals surface area contributed by atoms with Crippen molar-refractivity contribution in [1.29, 1.82) is 0 Å². The number of piperidine rings is 1. The van der Waals surface area contributed by atoms with Gasteiger partial charge in [0.2, 0.25) is 10.0 Å². The Hall–Kier alpha value is -1.92. The maximum atomic E-state index is 12.6. The predicted octanol–water partition coefficient (Wildman–Crippen LogP) is 2.38. The molecule has 24 heavy (non-hydrogen) atoms. The Morgan fingerprint density at radius 3 is 2.50 bits per heavy atom. The van der Waals surface area contributed by atoms with Crippen LogP contribution in [0.25, 0.3) is 10.8 Å². The van der Waals surface area contributed by atoms with Gasteiger partial charge in [-0.1, -0.05) is 36.4 Å². The largest absolute Gasteiger partial charge is 0.349 e. The second kappa shape index (κ2) is 6.91. The first-order chi connectivity index (χ1) is 11.5. The molecule has 1 aliphatic heterocycles. The number of nitrogens with zero attached hydrogens (tertiary/aromatic N) is 1. The van der Waals surface area contributed by atoms with E-state index in [1.165, 1.54) is 4.31 Å². The van der Waals surface area contributed by atoms with Gasteiger partial charge in [0.05, 0.1) is 5.75 Å². The van der Waals surface area contributed by atoms with Crippen LogP contribution in [0.3, 0.4) is 0 Å². The van der Waals surface area contributed by atoms with Crippen LogP contribution in [0.2, 0.25) is 0 Å². The summed E-state index contributed by atoms with van der Waals surface area (Å²) in [6.45, 7) is 2.59. The van der Waals surface area contributed by atoms with Gasteiger partial charge in [0.15, 0.2) is 0 Å². The molecule has 0 unspecified atom stereocenters. The summed E-state index contributed by atoms with van der Waals surface area (Å²) < 4.78 is 25.3. The summed E-state index contributed by atoms with van der Waals surface area (Å²) in [6.07, 6.45) is 1.30. The van der Waals surface area contributed by atoms with E-state index < -0.39 is 10.0 Å². The molecule has 6 heteroatoms. The first kappa shape index (κ1) is 16.9. The molecule has 2 aromatic rings.